The van der Waals surface area contributed by atoms with Crippen LogP contribution in [0.1, 0.15) is 52.3 Å². The molecule has 0 unspecified atom stereocenters. The van der Waals surface area contributed by atoms with Crippen molar-refractivity contribution in [2.24, 2.45) is 0 Å². The minimum absolute atomic E-state index is 0.251. The number of hydrogen-bond acceptors (Lipinski definition) is 5. The number of hydrogen-bond donors (Lipinski definition) is 1. The van der Waals surface area contributed by atoms with Gasteiger partial charge >= 0.3 is 0 Å². The van der Waals surface area contributed by atoms with Gasteiger partial charge in [0.25, 0.3) is 0 Å². The van der Waals surface area contributed by atoms with Gasteiger partial charge in [-0.25, -0.2) is 0 Å². The summed E-state index contributed by atoms with van der Waals surface area (Å²) in [5.74, 6) is 1.53. The highest BCUT2D eigenvalue weighted by atomic mass is 16.4. The molecule has 0 fully saturated rings. The SMILES string of the molecule is CCN(Cc1nnc(C(C)C)o1)CC(C)(C)O. The number of aliphatic hydroxyl groups is 1. The summed E-state index contributed by atoms with van der Waals surface area (Å²) < 4.78 is 5.55. The molecule has 0 saturated heterocycles. The molecular formula is C12H23N3O2. The summed E-state index contributed by atoms with van der Waals surface area (Å²) in [4.78, 5) is 2.08. The summed E-state index contributed by atoms with van der Waals surface area (Å²) in [6.45, 7) is 11.7. The largest absolute Gasteiger partial charge is 0.424 e. The Morgan fingerprint density at radius 2 is 2.00 bits per heavy atom. The quantitative estimate of drug-likeness (QED) is 0.822. The van der Waals surface area contributed by atoms with Gasteiger partial charge in [0.2, 0.25) is 11.8 Å². The van der Waals surface area contributed by atoms with Crippen LogP contribution in [0.5, 0.6) is 0 Å². The Kier molecular flexibility index (Phi) is 4.65. The molecule has 0 atom stereocenters. The smallest absolute Gasteiger partial charge is 0.230 e. The predicted molar refractivity (Wildman–Crippen MR) is 65.6 cm³/mol. The third kappa shape index (κ3) is 4.83. The Morgan fingerprint density at radius 1 is 1.35 bits per heavy atom. The molecule has 98 valence electrons. The Hall–Kier alpha value is -0.940. The highest BCUT2D eigenvalue weighted by molar-refractivity contribution is 4.87. The van der Waals surface area contributed by atoms with Gasteiger partial charge < -0.3 is 9.52 Å². The second-order valence-corrected chi connectivity index (χ2v) is 5.30. The molecular weight excluding hydrogens is 218 g/mol. The van der Waals surface area contributed by atoms with Crippen LogP contribution >= 0.6 is 0 Å². The van der Waals surface area contributed by atoms with Crippen molar-refractivity contribution in [3.05, 3.63) is 11.8 Å². The molecule has 5 heteroatoms. The van der Waals surface area contributed by atoms with Gasteiger partial charge in [0.1, 0.15) is 0 Å². The van der Waals surface area contributed by atoms with Gasteiger partial charge in [-0.15, -0.1) is 10.2 Å². The van der Waals surface area contributed by atoms with E-state index in [9.17, 15) is 5.11 Å². The van der Waals surface area contributed by atoms with E-state index in [0.717, 1.165) is 6.54 Å². The van der Waals surface area contributed by atoms with Gasteiger partial charge in [-0.3, -0.25) is 4.90 Å². The van der Waals surface area contributed by atoms with E-state index in [0.29, 0.717) is 24.9 Å². The topological polar surface area (TPSA) is 62.4 Å². The van der Waals surface area contributed by atoms with Crippen LogP contribution < -0.4 is 0 Å². The first-order chi connectivity index (χ1) is 7.81. The number of likely N-dealkylation sites (N-methyl/N-ethyl adjacent to an activating group) is 1. The Balaban J connectivity index is 2.61. The van der Waals surface area contributed by atoms with Crippen molar-refractivity contribution < 1.29 is 9.52 Å². The van der Waals surface area contributed by atoms with Crippen molar-refractivity contribution >= 4 is 0 Å². The Morgan fingerprint density at radius 3 is 2.41 bits per heavy atom. The standard InChI is InChI=1S/C12H23N3O2/c1-6-15(8-12(4,5)16)7-10-13-14-11(17-10)9(2)3/h9,16H,6-8H2,1-5H3. The molecule has 5 nitrogen and oxygen atoms in total. The van der Waals surface area contributed by atoms with Gasteiger partial charge in [-0.2, -0.15) is 0 Å². The summed E-state index contributed by atoms with van der Waals surface area (Å²) in [5, 5.41) is 17.8. The zero-order chi connectivity index (χ0) is 13.1. The fourth-order valence-electron chi connectivity index (χ4n) is 1.58. The van der Waals surface area contributed by atoms with E-state index in [4.69, 9.17) is 4.42 Å². The monoisotopic (exact) mass is 241 g/mol. The van der Waals surface area contributed by atoms with Crippen LogP contribution in [0.2, 0.25) is 0 Å². The summed E-state index contributed by atoms with van der Waals surface area (Å²) in [6.07, 6.45) is 0. The Bertz CT molecular complexity index is 342. The third-order valence-corrected chi connectivity index (χ3v) is 2.39. The van der Waals surface area contributed by atoms with Crippen LogP contribution in [-0.4, -0.2) is 38.9 Å². The Labute approximate surface area is 103 Å². The average molecular weight is 241 g/mol. The molecule has 0 radical (unpaired) electrons. The molecule has 17 heavy (non-hydrogen) atoms. The van der Waals surface area contributed by atoms with E-state index in [1.807, 2.05) is 20.8 Å². The summed E-state index contributed by atoms with van der Waals surface area (Å²) in [6, 6.07) is 0. The first-order valence-corrected chi connectivity index (χ1v) is 6.09. The molecule has 0 bridgehead atoms. The maximum absolute atomic E-state index is 9.78. The third-order valence-electron chi connectivity index (χ3n) is 2.39. The molecule has 1 aromatic rings. The van der Waals surface area contributed by atoms with Crippen molar-refractivity contribution in [3.8, 4) is 0 Å². The normalized spacial score (nSPS) is 12.7. The summed E-state index contributed by atoms with van der Waals surface area (Å²) in [5.41, 5.74) is -0.711. The van der Waals surface area contributed by atoms with Crippen LogP contribution in [0.4, 0.5) is 0 Å². The molecule has 0 aromatic carbocycles. The fourth-order valence-corrected chi connectivity index (χ4v) is 1.58. The van der Waals surface area contributed by atoms with Crippen molar-refractivity contribution in [1.29, 1.82) is 0 Å². The van der Waals surface area contributed by atoms with Crippen molar-refractivity contribution in [2.75, 3.05) is 13.1 Å². The minimum atomic E-state index is -0.711. The molecule has 1 N–H and O–H groups in total. The molecule has 1 heterocycles. The molecule has 0 spiro atoms. The number of aromatic nitrogens is 2. The van der Waals surface area contributed by atoms with Crippen molar-refractivity contribution in [2.45, 2.75) is 52.7 Å². The zero-order valence-corrected chi connectivity index (χ0v) is 11.4. The lowest BCUT2D eigenvalue weighted by molar-refractivity contribution is 0.0327. The molecule has 0 aliphatic carbocycles. The van der Waals surface area contributed by atoms with E-state index in [-0.39, 0.29) is 5.92 Å². The van der Waals surface area contributed by atoms with E-state index in [1.165, 1.54) is 0 Å². The second-order valence-electron chi connectivity index (χ2n) is 5.30. The lowest BCUT2D eigenvalue weighted by Crippen LogP contribution is -2.38. The molecule has 0 saturated carbocycles. The highest BCUT2D eigenvalue weighted by Crippen LogP contribution is 2.14. The predicted octanol–water partition coefficient (Wildman–Crippen LogP) is 1.79. The zero-order valence-electron chi connectivity index (χ0n) is 11.4. The summed E-state index contributed by atoms with van der Waals surface area (Å²) >= 11 is 0. The maximum atomic E-state index is 9.78. The maximum Gasteiger partial charge on any atom is 0.230 e. The first-order valence-electron chi connectivity index (χ1n) is 6.09. The second kappa shape index (κ2) is 5.60. The van der Waals surface area contributed by atoms with Gasteiger partial charge in [0, 0.05) is 12.5 Å². The van der Waals surface area contributed by atoms with Crippen LogP contribution in [0.15, 0.2) is 4.42 Å². The van der Waals surface area contributed by atoms with Crippen LogP contribution in [0, 0.1) is 0 Å². The first kappa shape index (κ1) is 14.1. The average Bonchev–Trinajstić information content (AvgIpc) is 2.63. The lowest BCUT2D eigenvalue weighted by atomic mass is 10.1. The van der Waals surface area contributed by atoms with Gasteiger partial charge in [0.15, 0.2) is 0 Å². The highest BCUT2D eigenvalue weighted by Gasteiger charge is 2.19. The molecule has 1 rings (SSSR count). The van der Waals surface area contributed by atoms with E-state index in [1.54, 1.807) is 13.8 Å². The van der Waals surface area contributed by atoms with E-state index in [2.05, 4.69) is 15.1 Å². The van der Waals surface area contributed by atoms with E-state index < -0.39 is 5.60 Å². The van der Waals surface area contributed by atoms with Gasteiger partial charge in [-0.05, 0) is 20.4 Å². The van der Waals surface area contributed by atoms with E-state index >= 15 is 0 Å². The lowest BCUT2D eigenvalue weighted by Gasteiger charge is -2.26. The molecule has 0 aliphatic rings. The summed E-state index contributed by atoms with van der Waals surface area (Å²) in [7, 11) is 0. The number of nitrogens with zero attached hydrogens (tertiary/aromatic N) is 3. The van der Waals surface area contributed by atoms with Gasteiger partial charge in [0.05, 0.1) is 12.1 Å². The minimum Gasteiger partial charge on any atom is -0.424 e. The van der Waals surface area contributed by atoms with Crippen LogP contribution in [0.3, 0.4) is 0 Å². The van der Waals surface area contributed by atoms with Gasteiger partial charge in [-0.1, -0.05) is 20.8 Å². The van der Waals surface area contributed by atoms with Crippen molar-refractivity contribution in [1.82, 2.24) is 15.1 Å². The van der Waals surface area contributed by atoms with Crippen LogP contribution in [0.25, 0.3) is 0 Å². The van der Waals surface area contributed by atoms with Crippen LogP contribution in [-0.2, 0) is 6.54 Å². The molecule has 1 aromatic heterocycles. The number of rotatable bonds is 6. The fraction of sp³-hybridized carbons (Fsp3) is 0.833. The van der Waals surface area contributed by atoms with Crippen molar-refractivity contribution in [3.63, 3.8) is 0 Å². The molecule has 0 aliphatic heterocycles. The molecule has 0 amide bonds.